The van der Waals surface area contributed by atoms with Gasteiger partial charge in [0.15, 0.2) is 0 Å². The first-order chi connectivity index (χ1) is 8.91. The number of rotatable bonds is 2. The summed E-state index contributed by atoms with van der Waals surface area (Å²) in [5, 5.41) is 8.92. The standard InChI is InChI=1S/C13H13F3N2O/c14-13(15,16)9-4-5-11(8(6-9)7-17)19-12-3-1-2-10(12)18/h4-6,10,12H,1-3,18H2. The maximum Gasteiger partial charge on any atom is 0.416 e. The van der Waals surface area contributed by atoms with Gasteiger partial charge in [-0.25, -0.2) is 0 Å². The van der Waals surface area contributed by atoms with Crippen molar-refractivity contribution < 1.29 is 17.9 Å². The number of alkyl halides is 3. The first-order valence-electron chi connectivity index (χ1n) is 5.95. The van der Waals surface area contributed by atoms with E-state index in [0.717, 1.165) is 31.4 Å². The average molecular weight is 270 g/mol. The van der Waals surface area contributed by atoms with Crippen molar-refractivity contribution in [3.63, 3.8) is 0 Å². The van der Waals surface area contributed by atoms with Gasteiger partial charge in [-0.2, -0.15) is 18.4 Å². The van der Waals surface area contributed by atoms with Crippen LogP contribution in [-0.4, -0.2) is 12.1 Å². The molecule has 1 saturated carbocycles. The molecule has 0 amide bonds. The molecule has 2 unspecified atom stereocenters. The van der Waals surface area contributed by atoms with Crippen LogP contribution in [0.2, 0.25) is 0 Å². The molecular formula is C13H13F3N2O. The Balaban J connectivity index is 2.24. The third kappa shape index (κ3) is 2.99. The minimum atomic E-state index is -4.46. The summed E-state index contributed by atoms with van der Waals surface area (Å²) in [7, 11) is 0. The van der Waals surface area contributed by atoms with Crippen LogP contribution in [0.15, 0.2) is 18.2 Å². The highest BCUT2D eigenvalue weighted by Gasteiger charge is 2.32. The van der Waals surface area contributed by atoms with Gasteiger partial charge in [0.25, 0.3) is 0 Å². The van der Waals surface area contributed by atoms with Gasteiger partial charge >= 0.3 is 6.18 Å². The average Bonchev–Trinajstić information content (AvgIpc) is 2.74. The van der Waals surface area contributed by atoms with E-state index in [1.165, 1.54) is 6.07 Å². The summed E-state index contributed by atoms with van der Waals surface area (Å²) in [5.41, 5.74) is 4.86. The number of ether oxygens (including phenoxy) is 1. The SMILES string of the molecule is N#Cc1cc(C(F)(F)F)ccc1OC1CCCC1N. The molecule has 0 aliphatic heterocycles. The zero-order valence-electron chi connectivity index (χ0n) is 10.1. The molecule has 0 bridgehead atoms. The quantitative estimate of drug-likeness (QED) is 0.899. The molecule has 3 nitrogen and oxygen atoms in total. The Bertz CT molecular complexity index is 508. The second kappa shape index (κ2) is 5.10. The van der Waals surface area contributed by atoms with E-state index in [1.807, 2.05) is 0 Å². The fraction of sp³-hybridized carbons (Fsp3) is 0.462. The second-order valence-corrected chi connectivity index (χ2v) is 4.57. The molecule has 102 valence electrons. The Labute approximate surface area is 108 Å². The van der Waals surface area contributed by atoms with Crippen molar-refractivity contribution in [1.82, 2.24) is 0 Å². The third-order valence-electron chi connectivity index (χ3n) is 3.21. The molecule has 0 spiro atoms. The van der Waals surface area contributed by atoms with E-state index >= 15 is 0 Å². The van der Waals surface area contributed by atoms with Gasteiger partial charge in [0, 0.05) is 6.04 Å². The molecule has 1 aliphatic carbocycles. The molecule has 19 heavy (non-hydrogen) atoms. The van der Waals surface area contributed by atoms with Crippen LogP contribution < -0.4 is 10.5 Å². The molecule has 0 radical (unpaired) electrons. The van der Waals surface area contributed by atoms with Crippen molar-refractivity contribution >= 4 is 0 Å². The van der Waals surface area contributed by atoms with Crippen LogP contribution >= 0.6 is 0 Å². The molecule has 6 heteroatoms. The van der Waals surface area contributed by atoms with Gasteiger partial charge < -0.3 is 10.5 Å². The molecule has 1 fully saturated rings. The highest BCUT2D eigenvalue weighted by molar-refractivity contribution is 5.46. The van der Waals surface area contributed by atoms with Gasteiger partial charge in [-0.05, 0) is 37.5 Å². The van der Waals surface area contributed by atoms with Crippen molar-refractivity contribution in [1.29, 1.82) is 5.26 Å². The van der Waals surface area contributed by atoms with Crippen LogP contribution in [-0.2, 0) is 6.18 Å². The lowest BCUT2D eigenvalue weighted by atomic mass is 10.1. The van der Waals surface area contributed by atoms with E-state index < -0.39 is 11.7 Å². The fourth-order valence-electron chi connectivity index (χ4n) is 2.16. The lowest BCUT2D eigenvalue weighted by Crippen LogP contribution is -2.33. The molecule has 1 aromatic rings. The van der Waals surface area contributed by atoms with Gasteiger partial charge in [0.05, 0.1) is 11.1 Å². The maximum atomic E-state index is 12.5. The van der Waals surface area contributed by atoms with Crippen LogP contribution in [0.3, 0.4) is 0 Å². The first-order valence-corrected chi connectivity index (χ1v) is 5.95. The molecule has 0 saturated heterocycles. The van der Waals surface area contributed by atoms with Crippen molar-refractivity contribution in [3.8, 4) is 11.8 Å². The topological polar surface area (TPSA) is 59.0 Å². The predicted molar refractivity (Wildman–Crippen MR) is 62.4 cm³/mol. The van der Waals surface area contributed by atoms with Crippen molar-refractivity contribution in [3.05, 3.63) is 29.3 Å². The highest BCUT2D eigenvalue weighted by Crippen LogP contribution is 2.33. The minimum Gasteiger partial charge on any atom is -0.487 e. The summed E-state index contributed by atoms with van der Waals surface area (Å²) >= 11 is 0. The molecule has 1 aliphatic rings. The number of hydrogen-bond donors (Lipinski definition) is 1. The molecule has 1 aromatic carbocycles. The summed E-state index contributed by atoms with van der Waals surface area (Å²) in [6.45, 7) is 0. The van der Waals surface area contributed by atoms with Crippen LogP contribution in [0.4, 0.5) is 13.2 Å². The smallest absolute Gasteiger partial charge is 0.416 e. The van der Waals surface area contributed by atoms with Gasteiger partial charge in [0.1, 0.15) is 17.9 Å². The van der Waals surface area contributed by atoms with E-state index in [1.54, 1.807) is 6.07 Å². The van der Waals surface area contributed by atoms with Crippen LogP contribution in [0.5, 0.6) is 5.75 Å². The first kappa shape index (κ1) is 13.7. The van der Waals surface area contributed by atoms with Crippen LogP contribution in [0.1, 0.15) is 30.4 Å². The Morgan fingerprint density at radius 3 is 2.58 bits per heavy atom. The van der Waals surface area contributed by atoms with E-state index in [0.29, 0.717) is 0 Å². The summed E-state index contributed by atoms with van der Waals surface area (Å²) in [6.07, 6.45) is -2.19. The van der Waals surface area contributed by atoms with Gasteiger partial charge in [-0.1, -0.05) is 0 Å². The fourth-order valence-corrected chi connectivity index (χ4v) is 2.16. The Hall–Kier alpha value is -1.74. The number of hydrogen-bond acceptors (Lipinski definition) is 3. The van der Waals surface area contributed by atoms with E-state index in [-0.39, 0.29) is 23.5 Å². The predicted octanol–water partition coefficient (Wildman–Crippen LogP) is 2.84. The molecular weight excluding hydrogens is 257 g/mol. The summed E-state index contributed by atoms with van der Waals surface area (Å²) in [5.74, 6) is 0.165. The highest BCUT2D eigenvalue weighted by atomic mass is 19.4. The van der Waals surface area contributed by atoms with Crippen LogP contribution in [0.25, 0.3) is 0 Å². The van der Waals surface area contributed by atoms with E-state index in [2.05, 4.69) is 0 Å². The number of nitrogens with two attached hydrogens (primary N) is 1. The Morgan fingerprint density at radius 1 is 1.32 bits per heavy atom. The van der Waals surface area contributed by atoms with Crippen molar-refractivity contribution in [2.24, 2.45) is 5.73 Å². The normalized spacial score (nSPS) is 23.1. The maximum absolute atomic E-state index is 12.5. The third-order valence-corrected chi connectivity index (χ3v) is 3.21. The summed E-state index contributed by atoms with van der Waals surface area (Å²) in [4.78, 5) is 0. The number of halogens is 3. The second-order valence-electron chi connectivity index (χ2n) is 4.57. The molecule has 2 atom stereocenters. The number of nitriles is 1. The molecule has 2 N–H and O–H groups in total. The minimum absolute atomic E-state index is 0.117. The van der Waals surface area contributed by atoms with Crippen molar-refractivity contribution in [2.45, 2.75) is 37.6 Å². The molecule has 0 heterocycles. The number of nitrogens with zero attached hydrogens (tertiary/aromatic N) is 1. The van der Waals surface area contributed by atoms with Gasteiger partial charge in [-0.15, -0.1) is 0 Å². The van der Waals surface area contributed by atoms with Gasteiger partial charge in [0.2, 0.25) is 0 Å². The van der Waals surface area contributed by atoms with E-state index in [9.17, 15) is 13.2 Å². The molecule has 0 aromatic heterocycles. The summed E-state index contributed by atoms with van der Waals surface area (Å²) in [6, 6.07) is 4.50. The lowest BCUT2D eigenvalue weighted by molar-refractivity contribution is -0.137. The monoisotopic (exact) mass is 270 g/mol. The van der Waals surface area contributed by atoms with Crippen LogP contribution in [0, 0.1) is 11.3 Å². The molecule has 2 rings (SSSR count). The van der Waals surface area contributed by atoms with Crippen molar-refractivity contribution in [2.75, 3.05) is 0 Å². The largest absolute Gasteiger partial charge is 0.487 e. The zero-order valence-corrected chi connectivity index (χ0v) is 10.1. The zero-order chi connectivity index (χ0) is 14.0. The summed E-state index contributed by atoms with van der Waals surface area (Å²) < 4.78 is 43.2. The Kier molecular flexibility index (Phi) is 3.67. The Morgan fingerprint density at radius 2 is 2.05 bits per heavy atom. The van der Waals surface area contributed by atoms with E-state index in [4.69, 9.17) is 15.7 Å². The number of benzene rings is 1. The lowest BCUT2D eigenvalue weighted by Gasteiger charge is -2.19. The van der Waals surface area contributed by atoms with Gasteiger partial charge in [-0.3, -0.25) is 0 Å².